The van der Waals surface area contributed by atoms with Gasteiger partial charge >= 0.3 is 0 Å². The van der Waals surface area contributed by atoms with Crippen LogP contribution in [0.1, 0.15) is 31.4 Å². The Morgan fingerprint density at radius 3 is 2.62 bits per heavy atom. The second-order valence-electron chi connectivity index (χ2n) is 4.20. The number of hydrogen-bond donors (Lipinski definition) is 2. The molecule has 0 bridgehead atoms. The molecule has 0 heterocycles. The van der Waals surface area contributed by atoms with Crippen molar-refractivity contribution < 1.29 is 9.84 Å². The summed E-state index contributed by atoms with van der Waals surface area (Å²) in [5, 5.41) is 13.2. The molecular formula is C13H19NO2. The van der Waals surface area contributed by atoms with Gasteiger partial charge < -0.3 is 15.2 Å². The fourth-order valence-electron chi connectivity index (χ4n) is 1.64. The molecule has 16 heavy (non-hydrogen) atoms. The number of benzene rings is 1. The summed E-state index contributed by atoms with van der Waals surface area (Å²) in [5.41, 5.74) is 0.941. The zero-order chi connectivity index (χ0) is 11.4. The first-order valence-electron chi connectivity index (χ1n) is 5.94. The van der Waals surface area contributed by atoms with Gasteiger partial charge in [0.05, 0.1) is 12.7 Å². The van der Waals surface area contributed by atoms with Gasteiger partial charge in [0, 0.05) is 12.6 Å². The van der Waals surface area contributed by atoms with E-state index in [2.05, 4.69) is 5.32 Å². The van der Waals surface area contributed by atoms with Crippen LogP contribution in [0.25, 0.3) is 0 Å². The fraction of sp³-hybridized carbons (Fsp3) is 0.538. The van der Waals surface area contributed by atoms with Crippen molar-refractivity contribution in [3.63, 3.8) is 0 Å². The highest BCUT2D eigenvalue weighted by molar-refractivity contribution is 5.28. The largest absolute Gasteiger partial charge is 0.494 e. The van der Waals surface area contributed by atoms with E-state index in [0.29, 0.717) is 19.2 Å². The molecule has 0 aliphatic heterocycles. The molecular weight excluding hydrogens is 202 g/mol. The molecule has 88 valence electrons. The predicted octanol–water partition coefficient (Wildman–Crippen LogP) is 1.87. The van der Waals surface area contributed by atoms with Gasteiger partial charge in [0.25, 0.3) is 0 Å². The quantitative estimate of drug-likeness (QED) is 0.770. The summed E-state index contributed by atoms with van der Waals surface area (Å²) < 4.78 is 5.35. The van der Waals surface area contributed by atoms with Crippen LogP contribution < -0.4 is 10.1 Å². The van der Waals surface area contributed by atoms with Crippen LogP contribution in [0, 0.1) is 0 Å². The minimum atomic E-state index is -0.420. The van der Waals surface area contributed by atoms with E-state index in [4.69, 9.17) is 4.74 Å². The van der Waals surface area contributed by atoms with Gasteiger partial charge in [0.1, 0.15) is 5.75 Å². The number of ether oxygens (including phenoxy) is 1. The van der Waals surface area contributed by atoms with Crippen LogP contribution in [-0.2, 0) is 0 Å². The lowest BCUT2D eigenvalue weighted by Crippen LogP contribution is -2.23. The second kappa shape index (κ2) is 5.32. The molecule has 1 aromatic rings. The average Bonchev–Trinajstić information content (AvgIpc) is 3.11. The Kier molecular flexibility index (Phi) is 3.80. The van der Waals surface area contributed by atoms with Crippen molar-refractivity contribution in [2.45, 2.75) is 31.9 Å². The Balaban J connectivity index is 1.86. The van der Waals surface area contributed by atoms with Crippen molar-refractivity contribution in [2.24, 2.45) is 0 Å². The van der Waals surface area contributed by atoms with Crippen LogP contribution in [0.2, 0.25) is 0 Å². The summed E-state index contributed by atoms with van der Waals surface area (Å²) in [6, 6.07) is 8.28. The molecule has 3 nitrogen and oxygen atoms in total. The SMILES string of the molecule is CCOc1ccc(C(O)CNC2CC2)cc1. The normalized spacial score (nSPS) is 17.1. The first kappa shape index (κ1) is 11.4. The van der Waals surface area contributed by atoms with Gasteiger partial charge in [-0.15, -0.1) is 0 Å². The van der Waals surface area contributed by atoms with Crippen molar-refractivity contribution in [3.05, 3.63) is 29.8 Å². The summed E-state index contributed by atoms with van der Waals surface area (Å²) in [5.74, 6) is 0.855. The summed E-state index contributed by atoms with van der Waals surface area (Å²) in [7, 11) is 0. The standard InChI is InChI=1S/C13H19NO2/c1-2-16-12-7-3-10(4-8-12)13(15)9-14-11-5-6-11/h3-4,7-8,11,13-15H,2,5-6,9H2,1H3. The summed E-state index contributed by atoms with van der Waals surface area (Å²) >= 11 is 0. The highest BCUT2D eigenvalue weighted by atomic mass is 16.5. The molecule has 0 saturated heterocycles. The first-order valence-corrected chi connectivity index (χ1v) is 5.94. The minimum Gasteiger partial charge on any atom is -0.494 e. The van der Waals surface area contributed by atoms with Crippen LogP contribution in [0.5, 0.6) is 5.75 Å². The van der Waals surface area contributed by atoms with Gasteiger partial charge in [0.15, 0.2) is 0 Å². The lowest BCUT2D eigenvalue weighted by molar-refractivity contribution is 0.174. The third kappa shape index (κ3) is 3.22. The van der Waals surface area contributed by atoms with E-state index >= 15 is 0 Å². The van der Waals surface area contributed by atoms with Crippen LogP contribution in [0.3, 0.4) is 0 Å². The summed E-state index contributed by atoms with van der Waals surface area (Å²) in [4.78, 5) is 0. The zero-order valence-electron chi connectivity index (χ0n) is 9.65. The molecule has 2 rings (SSSR count). The summed E-state index contributed by atoms with van der Waals surface area (Å²) in [6.45, 7) is 3.27. The van der Waals surface area contributed by atoms with Crippen LogP contribution in [0.15, 0.2) is 24.3 Å². The van der Waals surface area contributed by atoms with Crippen LogP contribution >= 0.6 is 0 Å². The highest BCUT2D eigenvalue weighted by Gasteiger charge is 2.21. The lowest BCUT2D eigenvalue weighted by atomic mass is 10.1. The van der Waals surface area contributed by atoms with E-state index in [-0.39, 0.29) is 0 Å². The van der Waals surface area contributed by atoms with E-state index < -0.39 is 6.10 Å². The first-order chi connectivity index (χ1) is 7.79. The molecule has 2 N–H and O–H groups in total. The maximum Gasteiger partial charge on any atom is 0.119 e. The number of hydrogen-bond acceptors (Lipinski definition) is 3. The molecule has 0 radical (unpaired) electrons. The van der Waals surface area contributed by atoms with Gasteiger partial charge in [-0.1, -0.05) is 12.1 Å². The molecule has 1 saturated carbocycles. The molecule has 0 aromatic heterocycles. The van der Waals surface area contributed by atoms with Crippen molar-refractivity contribution >= 4 is 0 Å². The van der Waals surface area contributed by atoms with Gasteiger partial charge in [-0.2, -0.15) is 0 Å². The fourth-order valence-corrected chi connectivity index (χ4v) is 1.64. The van der Waals surface area contributed by atoms with Crippen molar-refractivity contribution in [1.82, 2.24) is 5.32 Å². The molecule has 1 unspecified atom stereocenters. The average molecular weight is 221 g/mol. The Morgan fingerprint density at radius 1 is 1.38 bits per heavy atom. The minimum absolute atomic E-state index is 0.420. The molecule has 1 fully saturated rings. The monoisotopic (exact) mass is 221 g/mol. The van der Waals surface area contributed by atoms with E-state index in [1.54, 1.807) is 0 Å². The number of rotatable bonds is 6. The molecule has 1 atom stereocenters. The van der Waals surface area contributed by atoms with Gasteiger partial charge in [-0.3, -0.25) is 0 Å². The van der Waals surface area contributed by atoms with E-state index in [1.807, 2.05) is 31.2 Å². The smallest absolute Gasteiger partial charge is 0.119 e. The van der Waals surface area contributed by atoms with E-state index in [0.717, 1.165) is 11.3 Å². The van der Waals surface area contributed by atoms with Crippen molar-refractivity contribution in [1.29, 1.82) is 0 Å². The Morgan fingerprint density at radius 2 is 2.06 bits per heavy atom. The second-order valence-corrected chi connectivity index (χ2v) is 4.20. The molecule has 1 aliphatic rings. The lowest BCUT2D eigenvalue weighted by Gasteiger charge is -2.12. The highest BCUT2D eigenvalue weighted by Crippen LogP contribution is 2.21. The van der Waals surface area contributed by atoms with Crippen LogP contribution in [0.4, 0.5) is 0 Å². The number of nitrogens with one attached hydrogen (secondary N) is 1. The molecule has 3 heteroatoms. The molecule has 0 spiro atoms. The maximum atomic E-state index is 9.91. The van der Waals surface area contributed by atoms with Gasteiger partial charge in [-0.25, -0.2) is 0 Å². The molecule has 1 aliphatic carbocycles. The van der Waals surface area contributed by atoms with Crippen molar-refractivity contribution in [3.8, 4) is 5.75 Å². The molecule has 0 amide bonds. The third-order valence-corrected chi connectivity index (χ3v) is 2.75. The van der Waals surface area contributed by atoms with Crippen LogP contribution in [-0.4, -0.2) is 24.3 Å². The van der Waals surface area contributed by atoms with E-state index in [9.17, 15) is 5.11 Å². The maximum absolute atomic E-state index is 9.91. The third-order valence-electron chi connectivity index (χ3n) is 2.75. The molecule has 1 aromatic carbocycles. The number of aliphatic hydroxyl groups is 1. The Bertz CT molecular complexity index is 319. The van der Waals surface area contributed by atoms with E-state index in [1.165, 1.54) is 12.8 Å². The predicted molar refractivity (Wildman–Crippen MR) is 63.6 cm³/mol. The van der Waals surface area contributed by atoms with Crippen molar-refractivity contribution in [2.75, 3.05) is 13.2 Å². The van der Waals surface area contributed by atoms with Gasteiger partial charge in [0.2, 0.25) is 0 Å². The Hall–Kier alpha value is -1.06. The topological polar surface area (TPSA) is 41.5 Å². The number of aliphatic hydroxyl groups excluding tert-OH is 1. The Labute approximate surface area is 96.4 Å². The zero-order valence-corrected chi connectivity index (χ0v) is 9.65. The summed E-state index contributed by atoms with van der Waals surface area (Å²) in [6.07, 6.45) is 2.07. The van der Waals surface area contributed by atoms with Gasteiger partial charge in [-0.05, 0) is 37.5 Å².